The van der Waals surface area contributed by atoms with Crippen LogP contribution in [-0.4, -0.2) is 26.3 Å². The van der Waals surface area contributed by atoms with Crippen LogP contribution in [0.4, 0.5) is 19.0 Å². The van der Waals surface area contributed by atoms with E-state index in [-0.39, 0.29) is 17.1 Å². The predicted octanol–water partition coefficient (Wildman–Crippen LogP) is 2.09. The Kier molecular flexibility index (Phi) is 3.43. The minimum absolute atomic E-state index is 0.00782. The highest BCUT2D eigenvalue weighted by molar-refractivity contribution is 6.02. The molecule has 2 aromatic heterocycles. The lowest BCUT2D eigenvalue weighted by Gasteiger charge is -2.05. The molecule has 0 fully saturated rings. The second kappa shape index (κ2) is 4.91. The molecule has 0 aliphatic heterocycles. The number of nitrogens with one attached hydrogen (secondary N) is 2. The third-order valence-corrected chi connectivity index (χ3v) is 2.56. The van der Waals surface area contributed by atoms with Crippen LogP contribution in [0.5, 0.6) is 0 Å². The van der Waals surface area contributed by atoms with Crippen molar-refractivity contribution in [1.29, 1.82) is 0 Å². The molecule has 6 nitrogen and oxygen atoms in total. The molecule has 0 radical (unpaired) electrons. The Morgan fingerprint density at radius 3 is 2.45 bits per heavy atom. The molecular formula is C11H10F3N5O. The van der Waals surface area contributed by atoms with Crippen molar-refractivity contribution in [3.63, 3.8) is 0 Å². The smallest absolute Gasteiger partial charge is 0.303 e. The Morgan fingerprint density at radius 2 is 1.95 bits per heavy atom. The average molecular weight is 285 g/mol. The molecule has 0 aliphatic carbocycles. The number of halogens is 3. The fourth-order valence-corrected chi connectivity index (χ4v) is 1.49. The van der Waals surface area contributed by atoms with Gasteiger partial charge in [-0.15, -0.1) is 5.10 Å². The number of hydrogen-bond donors (Lipinski definition) is 2. The van der Waals surface area contributed by atoms with Crippen LogP contribution in [0.1, 0.15) is 27.4 Å². The van der Waals surface area contributed by atoms with E-state index in [0.29, 0.717) is 5.69 Å². The summed E-state index contributed by atoms with van der Waals surface area (Å²) >= 11 is 0. The largest absolute Gasteiger partial charge is 0.433 e. The van der Waals surface area contributed by atoms with Gasteiger partial charge in [0, 0.05) is 5.56 Å². The maximum Gasteiger partial charge on any atom is 0.433 e. The zero-order valence-corrected chi connectivity index (χ0v) is 10.5. The summed E-state index contributed by atoms with van der Waals surface area (Å²) in [5.74, 6) is -0.870. The molecule has 0 aliphatic rings. The van der Waals surface area contributed by atoms with Gasteiger partial charge in [0.1, 0.15) is 5.69 Å². The van der Waals surface area contributed by atoms with Gasteiger partial charge in [0.2, 0.25) is 0 Å². The van der Waals surface area contributed by atoms with Gasteiger partial charge < -0.3 is 5.32 Å². The number of aromatic nitrogens is 4. The molecule has 0 atom stereocenters. The number of alkyl halides is 3. The molecule has 0 aromatic carbocycles. The van der Waals surface area contributed by atoms with Crippen molar-refractivity contribution in [1.82, 2.24) is 20.4 Å². The van der Waals surface area contributed by atoms with Crippen LogP contribution in [0.15, 0.2) is 12.1 Å². The molecule has 2 aromatic rings. The number of hydrogen-bond acceptors (Lipinski definition) is 4. The Bertz CT molecular complexity index is 632. The standard InChI is InChI=1S/C11H10F3N5O/c1-5-3-4-7(17-16-5)10(20)15-9-6(2)8(18-19-9)11(12,13)14/h3-4H,1-2H3,(H2,15,18,19,20). The highest BCUT2D eigenvalue weighted by Gasteiger charge is 2.36. The second-order valence-electron chi connectivity index (χ2n) is 4.08. The lowest BCUT2D eigenvalue weighted by Crippen LogP contribution is -2.15. The maximum atomic E-state index is 12.6. The topological polar surface area (TPSA) is 83.6 Å². The van der Waals surface area contributed by atoms with Crippen molar-refractivity contribution in [3.05, 3.63) is 34.8 Å². The zero-order chi connectivity index (χ0) is 14.9. The van der Waals surface area contributed by atoms with Crippen LogP contribution in [0, 0.1) is 13.8 Å². The summed E-state index contributed by atoms with van der Waals surface area (Å²) in [5.41, 5.74) is -0.572. The first-order chi connectivity index (χ1) is 9.29. The Morgan fingerprint density at radius 1 is 1.25 bits per heavy atom. The van der Waals surface area contributed by atoms with E-state index in [1.807, 2.05) is 5.10 Å². The quantitative estimate of drug-likeness (QED) is 0.885. The molecule has 2 heterocycles. The van der Waals surface area contributed by atoms with Crippen LogP contribution in [0.25, 0.3) is 0 Å². The number of rotatable bonds is 2. The van der Waals surface area contributed by atoms with Crippen LogP contribution < -0.4 is 5.32 Å². The molecule has 20 heavy (non-hydrogen) atoms. The highest BCUT2D eigenvalue weighted by atomic mass is 19.4. The van der Waals surface area contributed by atoms with E-state index in [2.05, 4.69) is 20.6 Å². The summed E-state index contributed by atoms with van der Waals surface area (Å²) in [6.45, 7) is 2.91. The zero-order valence-electron chi connectivity index (χ0n) is 10.5. The molecule has 2 rings (SSSR count). The maximum absolute atomic E-state index is 12.6. The van der Waals surface area contributed by atoms with Crippen molar-refractivity contribution >= 4 is 11.7 Å². The molecule has 0 bridgehead atoms. The number of aromatic amines is 1. The van der Waals surface area contributed by atoms with Crippen molar-refractivity contribution < 1.29 is 18.0 Å². The molecule has 9 heteroatoms. The second-order valence-corrected chi connectivity index (χ2v) is 4.08. The van der Waals surface area contributed by atoms with Crippen molar-refractivity contribution in [3.8, 4) is 0 Å². The minimum atomic E-state index is -4.55. The van der Waals surface area contributed by atoms with Crippen LogP contribution >= 0.6 is 0 Å². The van der Waals surface area contributed by atoms with E-state index in [9.17, 15) is 18.0 Å². The molecule has 2 N–H and O–H groups in total. The van der Waals surface area contributed by atoms with Gasteiger partial charge in [-0.05, 0) is 26.0 Å². The molecule has 106 valence electrons. The van der Waals surface area contributed by atoms with E-state index in [0.717, 1.165) is 0 Å². The fourth-order valence-electron chi connectivity index (χ4n) is 1.49. The van der Waals surface area contributed by atoms with E-state index in [1.165, 1.54) is 13.0 Å². The summed E-state index contributed by atoms with van der Waals surface area (Å²) in [6, 6.07) is 2.99. The Balaban J connectivity index is 2.21. The van der Waals surface area contributed by atoms with Crippen molar-refractivity contribution in [2.75, 3.05) is 5.32 Å². The van der Waals surface area contributed by atoms with Gasteiger partial charge in [0.25, 0.3) is 5.91 Å². The lowest BCUT2D eigenvalue weighted by molar-refractivity contribution is -0.141. The van der Waals surface area contributed by atoms with Gasteiger partial charge >= 0.3 is 6.18 Å². The van der Waals surface area contributed by atoms with Crippen LogP contribution in [-0.2, 0) is 6.18 Å². The normalized spacial score (nSPS) is 11.4. The summed E-state index contributed by atoms with van der Waals surface area (Å²) < 4.78 is 37.7. The number of anilines is 1. The van der Waals surface area contributed by atoms with Crippen LogP contribution in [0.3, 0.4) is 0 Å². The molecule has 1 amide bonds. The number of aryl methyl sites for hydroxylation is 1. The third kappa shape index (κ3) is 2.76. The van der Waals surface area contributed by atoms with Crippen molar-refractivity contribution in [2.45, 2.75) is 20.0 Å². The highest BCUT2D eigenvalue weighted by Crippen LogP contribution is 2.32. The Hall–Kier alpha value is -2.45. The summed E-state index contributed by atoms with van der Waals surface area (Å²) in [7, 11) is 0. The summed E-state index contributed by atoms with van der Waals surface area (Å²) in [5, 5.41) is 14.9. The van der Waals surface area contributed by atoms with E-state index in [4.69, 9.17) is 0 Å². The van der Waals surface area contributed by atoms with Gasteiger partial charge in [-0.25, -0.2) is 0 Å². The molecule has 0 saturated heterocycles. The fraction of sp³-hybridized carbons (Fsp3) is 0.273. The van der Waals surface area contributed by atoms with Crippen molar-refractivity contribution in [2.24, 2.45) is 0 Å². The number of H-pyrrole nitrogens is 1. The predicted molar refractivity (Wildman–Crippen MR) is 63.0 cm³/mol. The number of amides is 1. The van der Waals surface area contributed by atoms with Gasteiger partial charge in [-0.2, -0.15) is 23.4 Å². The monoisotopic (exact) mass is 285 g/mol. The van der Waals surface area contributed by atoms with E-state index < -0.39 is 17.8 Å². The van der Waals surface area contributed by atoms with Gasteiger partial charge in [-0.3, -0.25) is 9.89 Å². The van der Waals surface area contributed by atoms with Gasteiger partial charge in [0.15, 0.2) is 11.5 Å². The van der Waals surface area contributed by atoms with E-state index >= 15 is 0 Å². The number of carbonyl (C=O) groups is 1. The molecule has 0 unspecified atom stereocenters. The third-order valence-electron chi connectivity index (χ3n) is 2.56. The Labute approximate surface area is 111 Å². The first-order valence-electron chi connectivity index (χ1n) is 5.53. The first-order valence-corrected chi connectivity index (χ1v) is 5.53. The van der Waals surface area contributed by atoms with Gasteiger partial charge in [0.05, 0.1) is 5.69 Å². The average Bonchev–Trinajstić information content (AvgIpc) is 2.71. The molecular weight excluding hydrogens is 275 g/mol. The molecule has 0 spiro atoms. The van der Waals surface area contributed by atoms with E-state index in [1.54, 1.807) is 13.0 Å². The number of nitrogens with zero attached hydrogens (tertiary/aromatic N) is 3. The summed E-state index contributed by atoms with van der Waals surface area (Å²) in [4.78, 5) is 11.8. The minimum Gasteiger partial charge on any atom is -0.303 e. The first kappa shape index (κ1) is 14.0. The van der Waals surface area contributed by atoms with Crippen LogP contribution in [0.2, 0.25) is 0 Å². The molecule has 0 saturated carbocycles. The SMILES string of the molecule is Cc1ccc(C(=O)Nc2n[nH]c(C(F)(F)F)c2C)nn1. The van der Waals surface area contributed by atoms with Gasteiger partial charge in [-0.1, -0.05) is 0 Å². The lowest BCUT2D eigenvalue weighted by atomic mass is 10.2. The summed E-state index contributed by atoms with van der Waals surface area (Å²) in [6.07, 6.45) is -4.55. The number of carbonyl (C=O) groups excluding carboxylic acids is 1.